The highest BCUT2D eigenvalue weighted by Gasteiger charge is 2.18. The van der Waals surface area contributed by atoms with Gasteiger partial charge in [-0.1, -0.05) is 17.7 Å². The van der Waals surface area contributed by atoms with Crippen molar-refractivity contribution in [2.24, 2.45) is 0 Å². The van der Waals surface area contributed by atoms with Crippen molar-refractivity contribution in [1.29, 1.82) is 0 Å². The molecule has 32 heavy (non-hydrogen) atoms. The maximum atomic E-state index is 12.8. The van der Waals surface area contributed by atoms with Crippen molar-refractivity contribution in [3.8, 4) is 17.2 Å². The molecule has 0 fully saturated rings. The van der Waals surface area contributed by atoms with Gasteiger partial charge in [-0.3, -0.25) is 9.52 Å². The zero-order valence-electron chi connectivity index (χ0n) is 17.5. The summed E-state index contributed by atoms with van der Waals surface area (Å²) in [6.07, 6.45) is 0. The number of ether oxygens (including phenoxy) is 3. The second-order valence-electron chi connectivity index (χ2n) is 6.50. The number of halogens is 1. The molecule has 2 N–H and O–H groups in total. The van der Waals surface area contributed by atoms with Crippen LogP contribution in [0.15, 0.2) is 65.6 Å². The van der Waals surface area contributed by atoms with E-state index in [2.05, 4.69) is 10.0 Å². The molecule has 3 aromatic rings. The monoisotopic (exact) mass is 476 g/mol. The Bertz CT molecular complexity index is 1230. The van der Waals surface area contributed by atoms with Crippen LogP contribution in [-0.4, -0.2) is 35.7 Å². The van der Waals surface area contributed by atoms with Gasteiger partial charge in [-0.05, 0) is 48.5 Å². The number of benzene rings is 3. The van der Waals surface area contributed by atoms with Crippen LogP contribution in [-0.2, 0) is 10.0 Å². The zero-order valence-corrected chi connectivity index (χ0v) is 19.1. The predicted octanol–water partition coefficient (Wildman–Crippen LogP) is 4.42. The lowest BCUT2D eigenvalue weighted by Gasteiger charge is -2.14. The normalized spacial score (nSPS) is 10.9. The standard InChI is InChI=1S/C22H21ClN2O6S/c1-29-16-9-7-15(8-10-16)25-32(27,28)17-6-4-5-14(11-17)22(26)24-19-12-18(23)20(30-2)13-21(19)31-3/h4-13,25H,1-3H3,(H,24,26). The van der Waals surface area contributed by atoms with E-state index in [0.717, 1.165) is 0 Å². The van der Waals surface area contributed by atoms with Gasteiger partial charge in [0.15, 0.2) is 0 Å². The Balaban J connectivity index is 1.83. The summed E-state index contributed by atoms with van der Waals surface area (Å²) in [6, 6.07) is 15.1. The minimum Gasteiger partial charge on any atom is -0.497 e. The van der Waals surface area contributed by atoms with Crippen LogP contribution in [0.25, 0.3) is 0 Å². The molecule has 0 saturated heterocycles. The van der Waals surface area contributed by atoms with E-state index in [1.807, 2.05) is 0 Å². The Morgan fingerprint density at radius 1 is 0.875 bits per heavy atom. The first-order chi connectivity index (χ1) is 15.3. The lowest BCUT2D eigenvalue weighted by Crippen LogP contribution is -2.16. The van der Waals surface area contributed by atoms with E-state index in [1.165, 1.54) is 57.7 Å². The van der Waals surface area contributed by atoms with Crippen LogP contribution < -0.4 is 24.2 Å². The van der Waals surface area contributed by atoms with Crippen molar-refractivity contribution in [1.82, 2.24) is 0 Å². The molecule has 0 atom stereocenters. The molecule has 0 heterocycles. The lowest BCUT2D eigenvalue weighted by atomic mass is 10.2. The van der Waals surface area contributed by atoms with Gasteiger partial charge >= 0.3 is 0 Å². The van der Waals surface area contributed by atoms with Gasteiger partial charge in [-0.2, -0.15) is 0 Å². The molecule has 0 aliphatic carbocycles. The molecule has 0 bridgehead atoms. The molecule has 3 aromatic carbocycles. The largest absolute Gasteiger partial charge is 0.497 e. The molecule has 0 spiro atoms. The van der Waals surface area contributed by atoms with Crippen LogP contribution in [0.3, 0.4) is 0 Å². The smallest absolute Gasteiger partial charge is 0.261 e. The van der Waals surface area contributed by atoms with E-state index in [4.69, 9.17) is 25.8 Å². The van der Waals surface area contributed by atoms with E-state index >= 15 is 0 Å². The molecule has 0 aliphatic heterocycles. The van der Waals surface area contributed by atoms with Gasteiger partial charge in [0.25, 0.3) is 15.9 Å². The molecule has 3 rings (SSSR count). The summed E-state index contributed by atoms with van der Waals surface area (Å²) >= 11 is 6.14. The minimum atomic E-state index is -3.92. The van der Waals surface area contributed by atoms with Gasteiger partial charge in [-0.15, -0.1) is 0 Å². The Labute approximate surface area is 191 Å². The highest BCUT2D eigenvalue weighted by Crippen LogP contribution is 2.36. The second kappa shape index (κ2) is 9.80. The number of carbonyl (C=O) groups is 1. The highest BCUT2D eigenvalue weighted by atomic mass is 35.5. The highest BCUT2D eigenvalue weighted by molar-refractivity contribution is 7.92. The van der Waals surface area contributed by atoms with Crippen molar-refractivity contribution in [3.63, 3.8) is 0 Å². The molecule has 0 aliphatic rings. The van der Waals surface area contributed by atoms with Crippen LogP contribution in [0, 0.1) is 0 Å². The van der Waals surface area contributed by atoms with Gasteiger partial charge in [-0.25, -0.2) is 8.42 Å². The van der Waals surface area contributed by atoms with E-state index in [-0.39, 0.29) is 15.5 Å². The summed E-state index contributed by atoms with van der Waals surface area (Å²) in [5, 5.41) is 2.96. The van der Waals surface area contributed by atoms with Crippen LogP contribution >= 0.6 is 11.6 Å². The van der Waals surface area contributed by atoms with Gasteiger partial charge in [0.2, 0.25) is 0 Å². The van der Waals surface area contributed by atoms with E-state index < -0.39 is 15.9 Å². The first kappa shape index (κ1) is 23.2. The van der Waals surface area contributed by atoms with Gasteiger partial charge in [0, 0.05) is 17.3 Å². The number of amides is 1. The third kappa shape index (κ3) is 5.24. The Morgan fingerprint density at radius 3 is 2.19 bits per heavy atom. The van der Waals surface area contributed by atoms with Crippen molar-refractivity contribution in [2.75, 3.05) is 31.4 Å². The van der Waals surface area contributed by atoms with E-state index in [1.54, 1.807) is 24.3 Å². The molecule has 0 radical (unpaired) electrons. The maximum Gasteiger partial charge on any atom is 0.261 e. The number of anilines is 2. The van der Waals surface area contributed by atoms with Crippen molar-refractivity contribution in [3.05, 3.63) is 71.2 Å². The number of carbonyl (C=O) groups excluding carboxylic acids is 1. The SMILES string of the molecule is COc1ccc(NS(=O)(=O)c2cccc(C(=O)Nc3cc(Cl)c(OC)cc3OC)c2)cc1. The average Bonchev–Trinajstić information content (AvgIpc) is 2.79. The molecule has 10 heteroatoms. The van der Waals surface area contributed by atoms with Crippen molar-refractivity contribution in [2.45, 2.75) is 4.90 Å². The number of methoxy groups -OCH3 is 3. The molecule has 8 nitrogen and oxygen atoms in total. The second-order valence-corrected chi connectivity index (χ2v) is 8.59. The average molecular weight is 477 g/mol. The number of rotatable bonds is 8. The number of hydrogen-bond acceptors (Lipinski definition) is 6. The number of sulfonamides is 1. The minimum absolute atomic E-state index is 0.0688. The fourth-order valence-electron chi connectivity index (χ4n) is 2.83. The van der Waals surface area contributed by atoms with Gasteiger partial charge in [0.05, 0.1) is 36.9 Å². The summed E-state index contributed by atoms with van der Waals surface area (Å²) in [5.41, 5.74) is 0.808. The van der Waals surface area contributed by atoms with Crippen LogP contribution in [0.2, 0.25) is 5.02 Å². The Kier molecular flexibility index (Phi) is 7.12. The maximum absolute atomic E-state index is 12.8. The fourth-order valence-corrected chi connectivity index (χ4v) is 4.17. The summed E-state index contributed by atoms with van der Waals surface area (Å²) in [7, 11) is 0.500. The van der Waals surface area contributed by atoms with Gasteiger partial charge < -0.3 is 19.5 Å². The first-order valence-corrected chi connectivity index (χ1v) is 11.1. The number of nitrogens with one attached hydrogen (secondary N) is 2. The Hall–Kier alpha value is -3.43. The third-order valence-electron chi connectivity index (χ3n) is 4.47. The van der Waals surface area contributed by atoms with Crippen molar-refractivity contribution < 1.29 is 27.4 Å². The quantitative estimate of drug-likeness (QED) is 0.499. The summed E-state index contributed by atoms with van der Waals surface area (Å²) in [6.45, 7) is 0. The molecule has 168 valence electrons. The van der Waals surface area contributed by atoms with E-state index in [9.17, 15) is 13.2 Å². The first-order valence-electron chi connectivity index (χ1n) is 9.27. The van der Waals surface area contributed by atoms with Crippen molar-refractivity contribution >= 4 is 38.9 Å². The van der Waals surface area contributed by atoms with E-state index in [0.29, 0.717) is 28.6 Å². The fraction of sp³-hybridized carbons (Fsp3) is 0.136. The molecule has 0 unspecified atom stereocenters. The number of hydrogen-bond donors (Lipinski definition) is 2. The molecule has 0 saturated carbocycles. The van der Waals surface area contributed by atoms with Gasteiger partial charge in [0.1, 0.15) is 17.2 Å². The van der Waals surface area contributed by atoms with Crippen LogP contribution in [0.1, 0.15) is 10.4 Å². The molecule has 1 amide bonds. The predicted molar refractivity (Wildman–Crippen MR) is 123 cm³/mol. The Morgan fingerprint density at radius 2 is 1.56 bits per heavy atom. The van der Waals surface area contributed by atoms with Crippen LogP contribution in [0.4, 0.5) is 11.4 Å². The molecule has 0 aromatic heterocycles. The topological polar surface area (TPSA) is 103 Å². The molecular formula is C22H21ClN2O6S. The zero-order chi connectivity index (χ0) is 23.3. The summed E-state index contributed by atoms with van der Waals surface area (Å²) in [5.74, 6) is 0.787. The third-order valence-corrected chi connectivity index (χ3v) is 6.15. The summed E-state index contributed by atoms with van der Waals surface area (Å²) < 4.78 is 43.5. The lowest BCUT2D eigenvalue weighted by molar-refractivity contribution is 0.102. The molecular weight excluding hydrogens is 456 g/mol. The van der Waals surface area contributed by atoms with Crippen LogP contribution in [0.5, 0.6) is 17.2 Å². The summed E-state index contributed by atoms with van der Waals surface area (Å²) in [4.78, 5) is 12.7.